The molecule has 0 bridgehead atoms. The van der Waals surface area contributed by atoms with E-state index in [1.54, 1.807) is 0 Å². The van der Waals surface area contributed by atoms with Gasteiger partial charge in [0, 0.05) is 99.5 Å². The molecule has 0 atom stereocenters. The van der Waals surface area contributed by atoms with Crippen LogP contribution in [0.1, 0.15) is 84.6 Å². The summed E-state index contributed by atoms with van der Waals surface area (Å²) in [6, 6.07) is 140. The van der Waals surface area contributed by atoms with E-state index in [4.69, 9.17) is 0 Å². The second-order valence-electron chi connectivity index (χ2n) is 36.7. The molecule has 7 heteroatoms. The van der Waals surface area contributed by atoms with Gasteiger partial charge in [0.05, 0.1) is 61.6 Å². The summed E-state index contributed by atoms with van der Waals surface area (Å²) in [7, 11) is 0. The van der Waals surface area contributed by atoms with Crippen LogP contribution in [0.3, 0.4) is 0 Å². The Morgan fingerprint density at radius 2 is 0.623 bits per heavy atom. The fraction of sp³-hybridized carbons (Fsp3) is 0.104. The molecule has 6 heterocycles. The van der Waals surface area contributed by atoms with Gasteiger partial charge < -0.3 is 23.3 Å². The van der Waals surface area contributed by atoms with Crippen molar-refractivity contribution in [3.05, 3.63) is 386 Å². The van der Waals surface area contributed by atoms with E-state index in [0.29, 0.717) is 5.56 Å². The number of fused-ring (bicyclic) bond motifs is 16. The van der Waals surface area contributed by atoms with Crippen molar-refractivity contribution in [2.45, 2.75) is 78.6 Å². The summed E-state index contributed by atoms with van der Waals surface area (Å²) >= 11 is 0. The SMILES string of the molecule is CC(C)(C)c1cc(-c2ccccc2)c(N2c3cc(-c4ccc5c(c4)c4ccccc4n5-c4ccccc4)ccc3B3c4ccc(-n5c6ccc(C#N)cc6c6cc(C(C)(C)C)ccc65)cc4N(c4c(-c5ccccc5)cc(C(C)(C)C)cc4-c4ccccc4)c4cc(-c5ccc6c(c5)c5cccc7c8ccccc8n6c75)cc2c43)c(-c2ccccc2)c1. The van der Waals surface area contributed by atoms with E-state index >= 15 is 0 Å². The van der Waals surface area contributed by atoms with Crippen molar-refractivity contribution in [3.8, 4) is 84.2 Å². The number of nitrogens with zero attached hydrogens (tertiary/aromatic N) is 6. The van der Waals surface area contributed by atoms with Crippen molar-refractivity contribution in [3.63, 3.8) is 0 Å². The molecule has 0 spiro atoms. The Kier molecular flexibility index (Phi) is 16.1. The van der Waals surface area contributed by atoms with Gasteiger partial charge in [-0.3, -0.25) is 0 Å². The zero-order valence-electron chi connectivity index (χ0n) is 69.9. The fourth-order valence-corrected chi connectivity index (χ4v) is 20.4. The summed E-state index contributed by atoms with van der Waals surface area (Å²) in [6.07, 6.45) is 0. The van der Waals surface area contributed by atoms with Gasteiger partial charge in [-0.25, -0.2) is 0 Å². The second kappa shape index (κ2) is 27.2. The van der Waals surface area contributed by atoms with Crippen LogP contribution in [-0.2, 0) is 16.2 Å². The lowest BCUT2D eigenvalue weighted by Gasteiger charge is -2.46. The zero-order chi connectivity index (χ0) is 82.3. The molecule has 0 N–H and O–H groups in total. The number of rotatable bonds is 10. The van der Waals surface area contributed by atoms with Crippen LogP contribution >= 0.6 is 0 Å². The number of para-hydroxylation sites is 4. The van der Waals surface area contributed by atoms with Crippen LogP contribution in [0.25, 0.3) is 160 Å². The van der Waals surface area contributed by atoms with Crippen molar-refractivity contribution in [2.75, 3.05) is 9.80 Å². The predicted octanol–water partition coefficient (Wildman–Crippen LogP) is 28.9. The van der Waals surface area contributed by atoms with E-state index in [2.05, 4.69) is 450 Å². The summed E-state index contributed by atoms with van der Waals surface area (Å²) in [5.41, 5.74) is 37.4. The van der Waals surface area contributed by atoms with E-state index in [1.807, 2.05) is 6.07 Å². The van der Waals surface area contributed by atoms with Gasteiger partial charge in [-0.05, 0) is 227 Å². The van der Waals surface area contributed by atoms with E-state index in [9.17, 15) is 5.26 Å². The van der Waals surface area contributed by atoms with E-state index in [0.717, 1.165) is 140 Å². The molecule has 6 nitrogen and oxygen atoms in total. The fourth-order valence-electron chi connectivity index (χ4n) is 20.4. The Hall–Kier alpha value is -14.7. The minimum atomic E-state index is -0.341. The molecule has 122 heavy (non-hydrogen) atoms. The van der Waals surface area contributed by atoms with Gasteiger partial charge in [0.2, 0.25) is 0 Å². The lowest BCUT2D eigenvalue weighted by atomic mass is 9.33. The highest BCUT2D eigenvalue weighted by molar-refractivity contribution is 7.00. The Morgan fingerprint density at radius 1 is 0.254 bits per heavy atom. The van der Waals surface area contributed by atoms with Crippen molar-refractivity contribution in [2.24, 2.45) is 0 Å². The molecule has 580 valence electrons. The minimum absolute atomic E-state index is 0.135. The normalized spacial score (nSPS) is 12.9. The molecule has 0 amide bonds. The first kappa shape index (κ1) is 72.5. The van der Waals surface area contributed by atoms with Crippen molar-refractivity contribution < 1.29 is 0 Å². The molecule has 21 aromatic rings. The van der Waals surface area contributed by atoms with Crippen LogP contribution < -0.4 is 26.2 Å². The highest BCUT2D eigenvalue weighted by Crippen LogP contribution is 2.57. The van der Waals surface area contributed by atoms with Gasteiger partial charge in [0.1, 0.15) is 0 Å². The summed E-state index contributed by atoms with van der Waals surface area (Å²) in [5, 5.41) is 20.2. The lowest BCUT2D eigenvalue weighted by molar-refractivity contribution is 0.590. The standard InChI is InChI=1S/C115H87BN6/c1-113(2,3)80-50-57-103-96(64-80)93-58-71(70-117)46-54-101(93)119(103)84-51-53-98-106(69-84)122(112-91(74-34-19-12-20-35-74)67-82(115(7,8)9)68-92(112)75-36-21-13-22-37-75)108-63-79(77-49-56-104-95(60-77)88-43-29-42-87-85-40-25-28-45-100(85)120(104)110(87)88)62-107-109(108)116(98)97-52-47-78(76-48-55-102-94(59-76)86-41-26-27-44-99(86)118(102)83-38-23-14-24-39-83)61-105(97)121(107)111-89(72-30-15-10-16-31-72)65-81(114(4,5)6)66-90(111)73-32-17-11-18-33-73/h10-69H,1-9H3. The third-order valence-electron chi connectivity index (χ3n) is 26.4. The summed E-state index contributed by atoms with van der Waals surface area (Å²) in [5.74, 6) is 0. The molecule has 0 saturated carbocycles. The molecule has 0 unspecified atom stereocenters. The molecular formula is C115H87BN6. The molecule has 17 aromatic carbocycles. The number of hydrogen-bond acceptors (Lipinski definition) is 3. The third kappa shape index (κ3) is 11.2. The Balaban J connectivity index is 0.899. The van der Waals surface area contributed by atoms with Crippen molar-refractivity contribution in [1.82, 2.24) is 13.5 Å². The molecule has 0 aliphatic carbocycles. The average molecular weight is 1560 g/mol. The third-order valence-corrected chi connectivity index (χ3v) is 26.4. The zero-order valence-corrected chi connectivity index (χ0v) is 69.9. The molecular weight excluding hydrogens is 1480 g/mol. The van der Waals surface area contributed by atoms with E-state index in [-0.39, 0.29) is 23.0 Å². The molecule has 23 rings (SSSR count). The molecule has 0 fully saturated rings. The van der Waals surface area contributed by atoms with E-state index in [1.165, 1.54) is 87.5 Å². The van der Waals surface area contributed by atoms with Crippen LogP contribution in [0, 0.1) is 11.3 Å². The van der Waals surface area contributed by atoms with Gasteiger partial charge in [-0.1, -0.05) is 293 Å². The topological polar surface area (TPSA) is 44.5 Å². The highest BCUT2D eigenvalue weighted by atomic mass is 15.2. The van der Waals surface area contributed by atoms with Crippen molar-refractivity contribution >= 4 is 139 Å². The smallest absolute Gasteiger partial charge is 0.252 e. The van der Waals surface area contributed by atoms with Crippen LogP contribution in [0.4, 0.5) is 34.1 Å². The van der Waals surface area contributed by atoms with Crippen LogP contribution in [0.2, 0.25) is 0 Å². The number of anilines is 6. The number of nitriles is 1. The van der Waals surface area contributed by atoms with Gasteiger partial charge in [-0.15, -0.1) is 0 Å². The van der Waals surface area contributed by atoms with Crippen LogP contribution in [-0.4, -0.2) is 20.2 Å². The molecule has 0 radical (unpaired) electrons. The summed E-state index contributed by atoms with van der Waals surface area (Å²) < 4.78 is 7.39. The largest absolute Gasteiger partial charge is 0.310 e. The molecule has 0 saturated heterocycles. The Bertz CT molecular complexity index is 7820. The van der Waals surface area contributed by atoms with Gasteiger partial charge >= 0.3 is 0 Å². The van der Waals surface area contributed by atoms with Crippen LogP contribution in [0.5, 0.6) is 0 Å². The lowest BCUT2D eigenvalue weighted by Crippen LogP contribution is -2.61. The van der Waals surface area contributed by atoms with E-state index < -0.39 is 0 Å². The number of aromatic nitrogens is 3. The van der Waals surface area contributed by atoms with Gasteiger partial charge in [0.15, 0.2) is 0 Å². The Morgan fingerprint density at radius 3 is 1.16 bits per heavy atom. The first-order chi connectivity index (χ1) is 59.4. The maximum atomic E-state index is 10.7. The predicted molar refractivity (Wildman–Crippen MR) is 517 cm³/mol. The quantitative estimate of drug-likeness (QED) is 0.128. The summed E-state index contributed by atoms with van der Waals surface area (Å²) in [4.78, 5) is 5.45. The average Bonchev–Trinajstić information content (AvgIpc) is 0.851. The molecule has 2 aliphatic heterocycles. The molecule has 2 aliphatic rings. The van der Waals surface area contributed by atoms with Gasteiger partial charge in [0.25, 0.3) is 6.71 Å². The second-order valence-corrected chi connectivity index (χ2v) is 36.7. The number of benzene rings is 17. The van der Waals surface area contributed by atoms with Crippen LogP contribution in [0.15, 0.2) is 364 Å². The Labute approximate surface area is 711 Å². The highest BCUT2D eigenvalue weighted by Gasteiger charge is 2.47. The monoisotopic (exact) mass is 1560 g/mol. The van der Waals surface area contributed by atoms with Gasteiger partial charge in [-0.2, -0.15) is 5.26 Å². The maximum Gasteiger partial charge on any atom is 0.252 e. The maximum absolute atomic E-state index is 10.7. The first-order valence-corrected chi connectivity index (χ1v) is 42.8. The minimum Gasteiger partial charge on any atom is -0.310 e. The van der Waals surface area contributed by atoms with Crippen molar-refractivity contribution in [1.29, 1.82) is 5.26 Å². The number of hydrogen-bond donors (Lipinski definition) is 0. The molecule has 4 aromatic heterocycles. The first-order valence-electron chi connectivity index (χ1n) is 42.8. The summed E-state index contributed by atoms with van der Waals surface area (Å²) in [6.45, 7) is 20.7.